The Labute approximate surface area is 175 Å². The zero-order valence-electron chi connectivity index (χ0n) is 16.5. The van der Waals surface area contributed by atoms with E-state index in [4.69, 9.17) is 0 Å². The van der Waals surface area contributed by atoms with E-state index in [1.54, 1.807) is 16.7 Å². The van der Waals surface area contributed by atoms with Crippen molar-refractivity contribution in [3.8, 4) is 0 Å². The third-order valence-corrected chi connectivity index (χ3v) is 6.04. The van der Waals surface area contributed by atoms with Gasteiger partial charge in [0.1, 0.15) is 0 Å². The standard InChI is InChI=1S/C25H23NO2S/c1-17-8-12-19(13-9-17)22-23(20-6-4-3-5-7-20)26(25(28)24(22)27)16-18-10-14-21(29-2)15-11-18/h3-15,23,27H,16H2,1-2H3. The Morgan fingerprint density at radius 2 is 1.59 bits per heavy atom. The molecular weight excluding hydrogens is 378 g/mol. The van der Waals surface area contributed by atoms with E-state index in [1.807, 2.05) is 79.9 Å². The van der Waals surface area contributed by atoms with Crippen LogP contribution in [0, 0.1) is 6.92 Å². The maximum Gasteiger partial charge on any atom is 0.290 e. The highest BCUT2D eigenvalue weighted by atomic mass is 32.2. The number of aliphatic hydroxyl groups excluding tert-OH is 1. The van der Waals surface area contributed by atoms with Gasteiger partial charge in [0.15, 0.2) is 5.76 Å². The molecule has 3 nitrogen and oxygen atoms in total. The summed E-state index contributed by atoms with van der Waals surface area (Å²) in [6, 6.07) is 25.7. The number of aliphatic hydroxyl groups is 1. The van der Waals surface area contributed by atoms with E-state index in [2.05, 4.69) is 12.1 Å². The van der Waals surface area contributed by atoms with E-state index in [9.17, 15) is 9.90 Å². The first-order valence-electron chi connectivity index (χ1n) is 9.57. The number of amides is 1. The molecule has 146 valence electrons. The highest BCUT2D eigenvalue weighted by Crippen LogP contribution is 2.43. The lowest BCUT2D eigenvalue weighted by atomic mass is 9.93. The van der Waals surface area contributed by atoms with Gasteiger partial charge in [0.25, 0.3) is 5.91 Å². The number of benzene rings is 3. The predicted octanol–water partition coefficient (Wildman–Crippen LogP) is 5.77. The topological polar surface area (TPSA) is 40.5 Å². The van der Waals surface area contributed by atoms with Gasteiger partial charge in [-0.2, -0.15) is 0 Å². The molecule has 0 radical (unpaired) electrons. The van der Waals surface area contributed by atoms with Crippen molar-refractivity contribution < 1.29 is 9.90 Å². The molecule has 0 saturated carbocycles. The fourth-order valence-electron chi connectivity index (χ4n) is 3.75. The van der Waals surface area contributed by atoms with Gasteiger partial charge in [-0.05, 0) is 42.0 Å². The summed E-state index contributed by atoms with van der Waals surface area (Å²) in [6.45, 7) is 2.46. The second-order valence-corrected chi connectivity index (χ2v) is 8.10. The van der Waals surface area contributed by atoms with Crippen molar-refractivity contribution in [3.05, 3.63) is 107 Å². The van der Waals surface area contributed by atoms with Crippen molar-refractivity contribution in [3.63, 3.8) is 0 Å². The zero-order chi connectivity index (χ0) is 20.4. The summed E-state index contributed by atoms with van der Waals surface area (Å²) in [5.74, 6) is -0.494. The molecule has 29 heavy (non-hydrogen) atoms. The summed E-state index contributed by atoms with van der Waals surface area (Å²) < 4.78 is 0. The second-order valence-electron chi connectivity index (χ2n) is 7.22. The molecule has 3 aromatic rings. The van der Waals surface area contributed by atoms with Crippen LogP contribution in [0.3, 0.4) is 0 Å². The molecule has 4 rings (SSSR count). The smallest absolute Gasteiger partial charge is 0.290 e. The lowest BCUT2D eigenvalue weighted by Gasteiger charge is -2.27. The molecule has 0 bridgehead atoms. The van der Waals surface area contributed by atoms with E-state index in [1.165, 1.54) is 4.90 Å². The first-order chi connectivity index (χ1) is 14.1. The van der Waals surface area contributed by atoms with Crippen LogP contribution in [0.15, 0.2) is 89.5 Å². The first-order valence-corrected chi connectivity index (χ1v) is 10.8. The summed E-state index contributed by atoms with van der Waals surface area (Å²) in [7, 11) is 0. The minimum absolute atomic E-state index is 0.163. The summed E-state index contributed by atoms with van der Waals surface area (Å²) in [6.07, 6.45) is 2.04. The van der Waals surface area contributed by atoms with Crippen LogP contribution in [0.1, 0.15) is 28.3 Å². The van der Waals surface area contributed by atoms with Crippen molar-refractivity contribution in [1.29, 1.82) is 0 Å². The molecule has 1 heterocycles. The van der Waals surface area contributed by atoms with Crippen LogP contribution in [0.5, 0.6) is 0 Å². The Balaban J connectivity index is 1.76. The highest BCUT2D eigenvalue weighted by molar-refractivity contribution is 7.98. The Bertz CT molecular complexity index is 1040. The monoisotopic (exact) mass is 401 g/mol. The van der Waals surface area contributed by atoms with Gasteiger partial charge in [0.2, 0.25) is 0 Å². The molecule has 1 N–H and O–H groups in total. The number of aryl methyl sites for hydroxylation is 1. The molecule has 0 fully saturated rings. The van der Waals surface area contributed by atoms with Crippen LogP contribution >= 0.6 is 11.8 Å². The largest absolute Gasteiger partial charge is 0.503 e. The number of hydrogen-bond acceptors (Lipinski definition) is 3. The number of carbonyl (C=O) groups is 1. The molecule has 1 atom stereocenters. The van der Waals surface area contributed by atoms with E-state index >= 15 is 0 Å². The Hall–Kier alpha value is -2.98. The minimum Gasteiger partial charge on any atom is -0.503 e. The molecular formula is C25H23NO2S. The first kappa shape index (κ1) is 19.3. The van der Waals surface area contributed by atoms with E-state index in [-0.39, 0.29) is 17.7 Å². The second kappa shape index (κ2) is 8.18. The highest BCUT2D eigenvalue weighted by Gasteiger charge is 2.40. The van der Waals surface area contributed by atoms with Gasteiger partial charge in [-0.25, -0.2) is 0 Å². The van der Waals surface area contributed by atoms with Crippen LogP contribution in [-0.2, 0) is 11.3 Å². The summed E-state index contributed by atoms with van der Waals surface area (Å²) in [5, 5.41) is 10.8. The molecule has 1 aliphatic heterocycles. The predicted molar refractivity (Wildman–Crippen MR) is 119 cm³/mol. The van der Waals surface area contributed by atoms with Gasteiger partial charge in [0, 0.05) is 17.0 Å². The molecule has 3 aromatic carbocycles. The molecule has 0 aromatic heterocycles. The molecule has 1 unspecified atom stereocenters. The summed E-state index contributed by atoms with van der Waals surface area (Å²) in [5.41, 5.74) is 4.70. The van der Waals surface area contributed by atoms with Gasteiger partial charge < -0.3 is 10.0 Å². The lowest BCUT2D eigenvalue weighted by Crippen LogP contribution is -2.29. The minimum atomic E-state index is -0.330. The average Bonchev–Trinajstić information content (AvgIpc) is 3.00. The number of nitrogens with zero attached hydrogens (tertiary/aromatic N) is 1. The Kier molecular flexibility index (Phi) is 5.45. The number of carbonyl (C=O) groups excluding carboxylic acids is 1. The average molecular weight is 402 g/mol. The lowest BCUT2D eigenvalue weighted by molar-refractivity contribution is -0.130. The third-order valence-electron chi connectivity index (χ3n) is 5.29. The van der Waals surface area contributed by atoms with Gasteiger partial charge in [-0.15, -0.1) is 11.8 Å². The van der Waals surface area contributed by atoms with Crippen LogP contribution in [0.25, 0.3) is 5.57 Å². The number of thioether (sulfide) groups is 1. The van der Waals surface area contributed by atoms with Gasteiger partial charge in [-0.1, -0.05) is 72.3 Å². The van der Waals surface area contributed by atoms with Crippen molar-refractivity contribution >= 4 is 23.2 Å². The fraction of sp³-hybridized carbons (Fsp3) is 0.160. The van der Waals surface area contributed by atoms with E-state index in [0.29, 0.717) is 12.1 Å². The fourth-order valence-corrected chi connectivity index (χ4v) is 4.16. The van der Waals surface area contributed by atoms with Crippen LogP contribution in [-0.4, -0.2) is 22.2 Å². The maximum atomic E-state index is 13.1. The summed E-state index contributed by atoms with van der Waals surface area (Å²) in [4.78, 5) is 16.0. The van der Waals surface area contributed by atoms with Gasteiger partial charge >= 0.3 is 0 Å². The van der Waals surface area contributed by atoms with Crippen molar-refractivity contribution in [2.45, 2.75) is 24.4 Å². The quantitative estimate of drug-likeness (QED) is 0.552. The molecule has 1 aliphatic rings. The third kappa shape index (κ3) is 3.81. The zero-order valence-corrected chi connectivity index (χ0v) is 17.3. The molecule has 0 aliphatic carbocycles. The normalized spacial score (nSPS) is 16.6. The number of hydrogen-bond donors (Lipinski definition) is 1. The van der Waals surface area contributed by atoms with E-state index in [0.717, 1.165) is 22.3 Å². The molecule has 0 saturated heterocycles. The van der Waals surface area contributed by atoms with E-state index < -0.39 is 0 Å². The summed E-state index contributed by atoms with van der Waals surface area (Å²) >= 11 is 1.69. The Morgan fingerprint density at radius 1 is 0.931 bits per heavy atom. The van der Waals surface area contributed by atoms with Crippen molar-refractivity contribution in [1.82, 2.24) is 4.90 Å². The SMILES string of the molecule is CSc1ccc(CN2C(=O)C(O)=C(c3ccc(C)cc3)C2c2ccccc2)cc1. The maximum absolute atomic E-state index is 13.1. The van der Waals surface area contributed by atoms with Crippen molar-refractivity contribution in [2.75, 3.05) is 6.26 Å². The Morgan fingerprint density at radius 3 is 2.21 bits per heavy atom. The van der Waals surface area contributed by atoms with Gasteiger partial charge in [-0.3, -0.25) is 4.79 Å². The van der Waals surface area contributed by atoms with Crippen LogP contribution in [0.4, 0.5) is 0 Å². The molecule has 4 heteroatoms. The van der Waals surface area contributed by atoms with Crippen LogP contribution < -0.4 is 0 Å². The van der Waals surface area contributed by atoms with Crippen molar-refractivity contribution in [2.24, 2.45) is 0 Å². The van der Waals surface area contributed by atoms with Gasteiger partial charge in [0.05, 0.1) is 6.04 Å². The van der Waals surface area contributed by atoms with Crippen LogP contribution in [0.2, 0.25) is 0 Å². The molecule has 1 amide bonds. The number of rotatable bonds is 5. The molecule has 0 spiro atoms.